The molecule has 0 amide bonds. The number of carbonyl (C=O) groups is 1. The molecule has 5 heteroatoms. The Hall–Kier alpha value is -1.59. The third-order valence-corrected chi connectivity index (χ3v) is 2.85. The summed E-state index contributed by atoms with van der Waals surface area (Å²) in [5.41, 5.74) is 0.257. The van der Waals surface area contributed by atoms with E-state index in [9.17, 15) is 4.79 Å². The number of hydrogen-bond acceptors (Lipinski definition) is 4. The standard InChI is InChI=1S/C14H21NO4/c1-2-15(9-10-16)8-3-11-19-13-6-4-12(5-7-13)14(17)18/h4-7,16H,2-3,8-11H2,1H3,(H,17,18). The Morgan fingerprint density at radius 2 is 1.95 bits per heavy atom. The molecule has 0 saturated carbocycles. The van der Waals surface area contributed by atoms with Crippen molar-refractivity contribution in [2.24, 2.45) is 0 Å². The maximum absolute atomic E-state index is 10.7. The first-order valence-corrected chi connectivity index (χ1v) is 6.46. The van der Waals surface area contributed by atoms with Gasteiger partial charge in [-0.05, 0) is 37.2 Å². The third-order valence-electron chi connectivity index (χ3n) is 2.85. The predicted molar refractivity (Wildman–Crippen MR) is 72.7 cm³/mol. The van der Waals surface area contributed by atoms with Crippen molar-refractivity contribution in [3.63, 3.8) is 0 Å². The molecular weight excluding hydrogens is 246 g/mol. The molecule has 1 rings (SSSR count). The van der Waals surface area contributed by atoms with Gasteiger partial charge in [0.25, 0.3) is 0 Å². The largest absolute Gasteiger partial charge is 0.494 e. The molecule has 0 aliphatic rings. The first-order chi connectivity index (χ1) is 9.17. The van der Waals surface area contributed by atoms with Crippen molar-refractivity contribution in [2.45, 2.75) is 13.3 Å². The van der Waals surface area contributed by atoms with Crippen LogP contribution in [0, 0.1) is 0 Å². The topological polar surface area (TPSA) is 70.0 Å². The predicted octanol–water partition coefficient (Wildman–Crippen LogP) is 1.47. The molecule has 1 aromatic rings. The Morgan fingerprint density at radius 3 is 2.47 bits per heavy atom. The number of carboxylic acids is 1. The van der Waals surface area contributed by atoms with Crippen LogP contribution < -0.4 is 4.74 Å². The molecule has 1 aromatic carbocycles. The monoisotopic (exact) mass is 267 g/mol. The molecule has 0 bridgehead atoms. The van der Waals surface area contributed by atoms with Gasteiger partial charge in [0, 0.05) is 13.1 Å². The van der Waals surface area contributed by atoms with Crippen LogP contribution >= 0.6 is 0 Å². The minimum atomic E-state index is -0.936. The molecule has 0 aromatic heterocycles. The van der Waals surface area contributed by atoms with Gasteiger partial charge < -0.3 is 19.8 Å². The van der Waals surface area contributed by atoms with E-state index in [-0.39, 0.29) is 12.2 Å². The highest BCUT2D eigenvalue weighted by Crippen LogP contribution is 2.12. The lowest BCUT2D eigenvalue weighted by molar-refractivity contribution is 0.0697. The Morgan fingerprint density at radius 1 is 1.26 bits per heavy atom. The van der Waals surface area contributed by atoms with Crippen molar-refractivity contribution in [3.05, 3.63) is 29.8 Å². The molecule has 5 nitrogen and oxygen atoms in total. The second-order valence-electron chi connectivity index (χ2n) is 4.19. The van der Waals surface area contributed by atoms with Crippen LogP contribution in [0.3, 0.4) is 0 Å². The highest BCUT2D eigenvalue weighted by atomic mass is 16.5. The lowest BCUT2D eigenvalue weighted by Gasteiger charge is -2.18. The highest BCUT2D eigenvalue weighted by Gasteiger charge is 2.03. The molecular formula is C14H21NO4. The summed E-state index contributed by atoms with van der Waals surface area (Å²) in [6, 6.07) is 6.38. The second kappa shape index (κ2) is 8.50. The minimum Gasteiger partial charge on any atom is -0.494 e. The van der Waals surface area contributed by atoms with Crippen molar-refractivity contribution >= 4 is 5.97 Å². The molecule has 0 unspecified atom stereocenters. The minimum absolute atomic E-state index is 0.172. The summed E-state index contributed by atoms with van der Waals surface area (Å²) in [5, 5.41) is 17.6. The number of carboxylic acid groups (broad SMARTS) is 1. The fraction of sp³-hybridized carbons (Fsp3) is 0.500. The number of aromatic carboxylic acids is 1. The average Bonchev–Trinajstić information content (AvgIpc) is 2.42. The first-order valence-electron chi connectivity index (χ1n) is 6.46. The summed E-state index contributed by atoms with van der Waals surface area (Å²) in [4.78, 5) is 12.8. The van der Waals surface area contributed by atoms with E-state index in [1.165, 1.54) is 12.1 Å². The summed E-state index contributed by atoms with van der Waals surface area (Å²) in [5.74, 6) is -0.260. The maximum Gasteiger partial charge on any atom is 0.335 e. The van der Waals surface area contributed by atoms with Crippen LogP contribution in [0.2, 0.25) is 0 Å². The quantitative estimate of drug-likeness (QED) is 0.663. The van der Waals surface area contributed by atoms with Gasteiger partial charge in [0.15, 0.2) is 0 Å². The van der Waals surface area contributed by atoms with Crippen LogP contribution in [0.4, 0.5) is 0 Å². The molecule has 0 aliphatic carbocycles. The Labute approximate surface area is 113 Å². The first kappa shape index (κ1) is 15.5. The van der Waals surface area contributed by atoms with E-state index >= 15 is 0 Å². The van der Waals surface area contributed by atoms with Gasteiger partial charge >= 0.3 is 5.97 Å². The highest BCUT2D eigenvalue weighted by molar-refractivity contribution is 5.87. The lowest BCUT2D eigenvalue weighted by atomic mass is 10.2. The van der Waals surface area contributed by atoms with E-state index in [1.54, 1.807) is 12.1 Å². The van der Waals surface area contributed by atoms with Gasteiger partial charge in [-0.25, -0.2) is 4.79 Å². The van der Waals surface area contributed by atoms with E-state index < -0.39 is 5.97 Å². The number of aliphatic hydroxyl groups excluding tert-OH is 1. The number of benzene rings is 1. The van der Waals surface area contributed by atoms with Gasteiger partial charge in [0.1, 0.15) is 5.75 Å². The Kier molecular flexibility index (Phi) is 6.92. The molecule has 0 fully saturated rings. The number of hydrogen-bond donors (Lipinski definition) is 2. The van der Waals surface area contributed by atoms with Crippen molar-refractivity contribution in [2.75, 3.05) is 32.8 Å². The summed E-state index contributed by atoms with van der Waals surface area (Å²) in [7, 11) is 0. The van der Waals surface area contributed by atoms with Crippen LogP contribution in [-0.2, 0) is 0 Å². The van der Waals surface area contributed by atoms with E-state index in [1.807, 2.05) is 0 Å². The Bertz CT molecular complexity index is 378. The number of aliphatic hydroxyl groups is 1. The lowest BCUT2D eigenvalue weighted by Crippen LogP contribution is -2.28. The van der Waals surface area contributed by atoms with Crippen molar-refractivity contribution < 1.29 is 19.7 Å². The second-order valence-corrected chi connectivity index (χ2v) is 4.19. The van der Waals surface area contributed by atoms with Crippen molar-refractivity contribution in [1.82, 2.24) is 4.90 Å². The van der Waals surface area contributed by atoms with E-state index in [2.05, 4.69) is 11.8 Å². The zero-order chi connectivity index (χ0) is 14.1. The van der Waals surface area contributed by atoms with Crippen molar-refractivity contribution in [1.29, 1.82) is 0 Å². The summed E-state index contributed by atoms with van der Waals surface area (Å²) >= 11 is 0. The van der Waals surface area contributed by atoms with Crippen LogP contribution in [0.25, 0.3) is 0 Å². The smallest absolute Gasteiger partial charge is 0.335 e. The summed E-state index contributed by atoms with van der Waals surface area (Å²) in [6.07, 6.45) is 0.870. The van der Waals surface area contributed by atoms with Crippen LogP contribution in [0.1, 0.15) is 23.7 Å². The number of ether oxygens (including phenoxy) is 1. The molecule has 106 valence electrons. The van der Waals surface area contributed by atoms with E-state index in [0.29, 0.717) is 18.9 Å². The molecule has 0 saturated heterocycles. The van der Waals surface area contributed by atoms with E-state index in [4.69, 9.17) is 14.9 Å². The van der Waals surface area contributed by atoms with Crippen LogP contribution in [0.5, 0.6) is 5.75 Å². The van der Waals surface area contributed by atoms with E-state index in [0.717, 1.165) is 19.5 Å². The molecule has 2 N–H and O–H groups in total. The molecule has 0 spiro atoms. The molecule has 0 radical (unpaired) electrons. The zero-order valence-corrected chi connectivity index (χ0v) is 11.2. The maximum atomic E-state index is 10.7. The molecule has 0 heterocycles. The fourth-order valence-corrected chi connectivity index (χ4v) is 1.74. The average molecular weight is 267 g/mol. The van der Waals surface area contributed by atoms with Gasteiger partial charge in [-0.2, -0.15) is 0 Å². The number of likely N-dealkylation sites (N-methyl/N-ethyl adjacent to an activating group) is 1. The third kappa shape index (κ3) is 5.72. The summed E-state index contributed by atoms with van der Waals surface area (Å²) < 4.78 is 5.53. The van der Waals surface area contributed by atoms with Crippen LogP contribution in [0.15, 0.2) is 24.3 Å². The molecule has 0 aliphatic heterocycles. The van der Waals surface area contributed by atoms with Gasteiger partial charge in [-0.3, -0.25) is 0 Å². The van der Waals surface area contributed by atoms with Crippen molar-refractivity contribution in [3.8, 4) is 5.75 Å². The van der Waals surface area contributed by atoms with Gasteiger partial charge in [0.05, 0.1) is 18.8 Å². The number of nitrogens with zero attached hydrogens (tertiary/aromatic N) is 1. The van der Waals surface area contributed by atoms with Gasteiger partial charge in [0.2, 0.25) is 0 Å². The molecule has 19 heavy (non-hydrogen) atoms. The molecule has 0 atom stereocenters. The Balaban J connectivity index is 2.27. The number of rotatable bonds is 9. The van der Waals surface area contributed by atoms with Gasteiger partial charge in [-0.1, -0.05) is 6.92 Å². The SMILES string of the molecule is CCN(CCO)CCCOc1ccc(C(=O)O)cc1. The van der Waals surface area contributed by atoms with Crippen LogP contribution in [-0.4, -0.2) is 53.9 Å². The summed E-state index contributed by atoms with van der Waals surface area (Å²) in [6.45, 7) is 5.28. The van der Waals surface area contributed by atoms with Gasteiger partial charge in [-0.15, -0.1) is 0 Å². The zero-order valence-electron chi connectivity index (χ0n) is 11.2. The fourth-order valence-electron chi connectivity index (χ4n) is 1.74. The normalized spacial score (nSPS) is 10.7.